The van der Waals surface area contributed by atoms with E-state index in [1.807, 2.05) is 24.3 Å². The highest BCUT2D eigenvalue weighted by Gasteiger charge is 2.19. The molecular formula is C13H18N2OS. The van der Waals surface area contributed by atoms with Crippen LogP contribution >= 0.6 is 12.2 Å². The van der Waals surface area contributed by atoms with Gasteiger partial charge < -0.3 is 16.2 Å². The Kier molecular flexibility index (Phi) is 3.97. The average molecular weight is 250 g/mol. The van der Waals surface area contributed by atoms with Crippen LogP contribution in [0.1, 0.15) is 31.2 Å². The highest BCUT2D eigenvalue weighted by atomic mass is 32.1. The summed E-state index contributed by atoms with van der Waals surface area (Å²) in [6.45, 7) is 0. The molecule has 0 unspecified atom stereocenters. The summed E-state index contributed by atoms with van der Waals surface area (Å²) in [6.07, 6.45) is 3.60. The van der Waals surface area contributed by atoms with Crippen molar-refractivity contribution >= 4 is 22.9 Å². The number of para-hydroxylation sites is 1. The molecule has 1 saturated carbocycles. The first-order valence-corrected chi connectivity index (χ1v) is 6.41. The Morgan fingerprint density at radius 3 is 2.53 bits per heavy atom. The molecule has 1 fully saturated rings. The van der Waals surface area contributed by atoms with Crippen LogP contribution in [0.3, 0.4) is 0 Å². The quantitative estimate of drug-likeness (QED) is 0.719. The molecule has 0 aliphatic heterocycles. The summed E-state index contributed by atoms with van der Waals surface area (Å²) in [5, 5.41) is 12.9. The molecule has 1 aliphatic rings. The minimum atomic E-state index is -0.126. The molecule has 92 valence electrons. The monoisotopic (exact) mass is 250 g/mol. The zero-order valence-electron chi connectivity index (χ0n) is 9.73. The molecule has 3 nitrogen and oxygen atoms in total. The Morgan fingerprint density at radius 1 is 1.24 bits per heavy atom. The van der Waals surface area contributed by atoms with Crippen LogP contribution in [0.4, 0.5) is 5.69 Å². The summed E-state index contributed by atoms with van der Waals surface area (Å²) < 4.78 is 0. The third-order valence-corrected chi connectivity index (χ3v) is 3.47. The molecule has 0 saturated heterocycles. The minimum absolute atomic E-state index is 0.126. The minimum Gasteiger partial charge on any atom is -0.393 e. The first kappa shape index (κ1) is 12.3. The Labute approximate surface area is 107 Å². The molecule has 0 spiro atoms. The average Bonchev–Trinajstić information content (AvgIpc) is 2.32. The van der Waals surface area contributed by atoms with Crippen molar-refractivity contribution in [2.45, 2.75) is 37.8 Å². The fraction of sp³-hybridized carbons (Fsp3) is 0.462. The second-order valence-corrected chi connectivity index (χ2v) is 5.00. The van der Waals surface area contributed by atoms with Gasteiger partial charge in [-0.15, -0.1) is 0 Å². The van der Waals surface area contributed by atoms with E-state index in [1.165, 1.54) is 0 Å². The Bertz CT molecular complexity index is 400. The van der Waals surface area contributed by atoms with Crippen LogP contribution in [0.2, 0.25) is 0 Å². The normalized spacial score (nSPS) is 24.3. The number of hydrogen-bond acceptors (Lipinski definition) is 3. The van der Waals surface area contributed by atoms with Crippen LogP contribution in [0, 0.1) is 0 Å². The van der Waals surface area contributed by atoms with Gasteiger partial charge in [-0.25, -0.2) is 0 Å². The van der Waals surface area contributed by atoms with Crippen molar-refractivity contribution in [1.82, 2.24) is 0 Å². The number of anilines is 1. The number of aliphatic hydroxyl groups is 1. The predicted octanol–water partition coefficient (Wildman–Crippen LogP) is 2.04. The first-order chi connectivity index (χ1) is 8.16. The van der Waals surface area contributed by atoms with Gasteiger partial charge in [-0.05, 0) is 37.8 Å². The van der Waals surface area contributed by atoms with Crippen molar-refractivity contribution < 1.29 is 5.11 Å². The molecule has 0 atom stereocenters. The van der Waals surface area contributed by atoms with E-state index in [-0.39, 0.29) is 6.10 Å². The summed E-state index contributed by atoms with van der Waals surface area (Å²) in [7, 11) is 0. The summed E-state index contributed by atoms with van der Waals surface area (Å²) in [5.41, 5.74) is 7.59. The fourth-order valence-corrected chi connectivity index (χ4v) is 2.44. The van der Waals surface area contributed by atoms with Crippen molar-refractivity contribution in [1.29, 1.82) is 0 Å². The number of nitrogens with one attached hydrogen (secondary N) is 1. The standard InChI is InChI=1S/C13H18N2OS/c14-13(17)11-3-1-2-4-12(11)15-9-5-7-10(16)8-6-9/h1-4,9-10,15-16H,5-8H2,(H2,14,17). The van der Waals surface area contributed by atoms with Crippen molar-refractivity contribution in [2.24, 2.45) is 5.73 Å². The maximum absolute atomic E-state index is 9.47. The second kappa shape index (κ2) is 5.47. The van der Waals surface area contributed by atoms with Gasteiger partial charge in [0.25, 0.3) is 0 Å². The molecular weight excluding hydrogens is 232 g/mol. The Morgan fingerprint density at radius 2 is 1.88 bits per heavy atom. The maximum atomic E-state index is 9.47. The van der Waals surface area contributed by atoms with E-state index in [0.29, 0.717) is 11.0 Å². The largest absolute Gasteiger partial charge is 0.393 e. The number of hydrogen-bond donors (Lipinski definition) is 3. The van der Waals surface area contributed by atoms with Crippen LogP contribution < -0.4 is 11.1 Å². The van der Waals surface area contributed by atoms with E-state index in [2.05, 4.69) is 5.32 Å². The van der Waals surface area contributed by atoms with Crippen LogP contribution in [-0.4, -0.2) is 22.2 Å². The van der Waals surface area contributed by atoms with Crippen LogP contribution in [-0.2, 0) is 0 Å². The smallest absolute Gasteiger partial charge is 0.106 e. The summed E-state index contributed by atoms with van der Waals surface area (Å²) in [5.74, 6) is 0. The lowest BCUT2D eigenvalue weighted by Crippen LogP contribution is -2.29. The molecule has 1 aliphatic carbocycles. The van der Waals surface area contributed by atoms with Gasteiger partial charge in [0, 0.05) is 17.3 Å². The van der Waals surface area contributed by atoms with Gasteiger partial charge in [-0.3, -0.25) is 0 Å². The molecule has 0 radical (unpaired) electrons. The number of thiocarbonyl (C=S) groups is 1. The lowest BCUT2D eigenvalue weighted by molar-refractivity contribution is 0.126. The van der Waals surface area contributed by atoms with Gasteiger partial charge in [0.2, 0.25) is 0 Å². The molecule has 1 aromatic rings. The lowest BCUT2D eigenvalue weighted by atomic mass is 9.93. The van der Waals surface area contributed by atoms with Crippen LogP contribution in [0.5, 0.6) is 0 Å². The first-order valence-electron chi connectivity index (χ1n) is 6.00. The molecule has 4 N–H and O–H groups in total. The fourth-order valence-electron chi connectivity index (χ4n) is 2.26. The van der Waals surface area contributed by atoms with E-state index in [1.54, 1.807) is 0 Å². The van der Waals surface area contributed by atoms with Crippen molar-refractivity contribution in [3.8, 4) is 0 Å². The molecule has 4 heteroatoms. The Balaban J connectivity index is 2.05. The third kappa shape index (κ3) is 3.17. The second-order valence-electron chi connectivity index (χ2n) is 4.56. The third-order valence-electron chi connectivity index (χ3n) is 3.25. The summed E-state index contributed by atoms with van der Waals surface area (Å²) >= 11 is 5.03. The van der Waals surface area contributed by atoms with Crippen LogP contribution in [0.25, 0.3) is 0 Å². The molecule has 0 bridgehead atoms. The van der Waals surface area contributed by atoms with E-state index in [4.69, 9.17) is 18.0 Å². The van der Waals surface area contributed by atoms with Gasteiger partial charge in [-0.1, -0.05) is 24.4 Å². The van der Waals surface area contributed by atoms with E-state index in [9.17, 15) is 5.11 Å². The molecule has 1 aromatic carbocycles. The number of aliphatic hydroxyl groups excluding tert-OH is 1. The van der Waals surface area contributed by atoms with E-state index < -0.39 is 0 Å². The predicted molar refractivity (Wildman–Crippen MR) is 74.2 cm³/mol. The summed E-state index contributed by atoms with van der Waals surface area (Å²) in [6, 6.07) is 8.25. The van der Waals surface area contributed by atoms with Crippen molar-refractivity contribution in [3.63, 3.8) is 0 Å². The topological polar surface area (TPSA) is 58.3 Å². The van der Waals surface area contributed by atoms with E-state index in [0.717, 1.165) is 36.9 Å². The summed E-state index contributed by atoms with van der Waals surface area (Å²) in [4.78, 5) is 0.420. The zero-order chi connectivity index (χ0) is 12.3. The van der Waals surface area contributed by atoms with Gasteiger partial charge in [0.15, 0.2) is 0 Å². The van der Waals surface area contributed by atoms with Crippen molar-refractivity contribution in [3.05, 3.63) is 29.8 Å². The van der Waals surface area contributed by atoms with Gasteiger partial charge in [0.1, 0.15) is 4.99 Å². The van der Waals surface area contributed by atoms with Gasteiger partial charge >= 0.3 is 0 Å². The van der Waals surface area contributed by atoms with Gasteiger partial charge in [-0.2, -0.15) is 0 Å². The molecule has 0 heterocycles. The number of benzene rings is 1. The van der Waals surface area contributed by atoms with Crippen molar-refractivity contribution in [2.75, 3.05) is 5.32 Å². The number of rotatable bonds is 3. The lowest BCUT2D eigenvalue weighted by Gasteiger charge is -2.27. The van der Waals surface area contributed by atoms with Gasteiger partial charge in [0.05, 0.1) is 6.10 Å². The molecule has 17 heavy (non-hydrogen) atoms. The zero-order valence-corrected chi connectivity index (χ0v) is 10.5. The Hall–Kier alpha value is -1.13. The number of nitrogens with two attached hydrogens (primary N) is 1. The SMILES string of the molecule is NC(=S)c1ccccc1NC1CCC(O)CC1. The van der Waals surface area contributed by atoms with E-state index >= 15 is 0 Å². The molecule has 2 rings (SSSR count). The maximum Gasteiger partial charge on any atom is 0.106 e. The molecule has 0 amide bonds. The van der Waals surface area contributed by atoms with Crippen LogP contribution in [0.15, 0.2) is 24.3 Å². The molecule has 0 aromatic heterocycles. The highest BCUT2D eigenvalue weighted by molar-refractivity contribution is 7.80. The highest BCUT2D eigenvalue weighted by Crippen LogP contribution is 2.24.